The topological polar surface area (TPSA) is 66.4 Å². The third kappa shape index (κ3) is 5.11. The number of amides is 1. The summed E-state index contributed by atoms with van der Waals surface area (Å²) in [6.45, 7) is 4.05. The molecule has 21 heavy (non-hydrogen) atoms. The molecule has 0 aliphatic rings. The predicted molar refractivity (Wildman–Crippen MR) is 90.7 cm³/mol. The minimum Gasteiger partial charge on any atom is -0.478 e. The van der Waals surface area contributed by atoms with Crippen molar-refractivity contribution in [1.29, 1.82) is 0 Å². The molecule has 1 rings (SSSR count). The minimum absolute atomic E-state index is 0.0648. The van der Waals surface area contributed by atoms with Gasteiger partial charge in [0.1, 0.15) is 0 Å². The van der Waals surface area contributed by atoms with Crippen molar-refractivity contribution in [2.45, 2.75) is 39.5 Å². The first kappa shape index (κ1) is 18.2. The van der Waals surface area contributed by atoms with Gasteiger partial charge in [0.25, 0.3) is 0 Å². The van der Waals surface area contributed by atoms with E-state index in [9.17, 15) is 14.7 Å². The number of carboxylic acids is 1. The van der Waals surface area contributed by atoms with E-state index >= 15 is 0 Å². The highest BCUT2D eigenvalue weighted by atomic mass is 79.9. The number of benzene rings is 1. The first-order valence-electron chi connectivity index (χ1n) is 6.93. The van der Waals surface area contributed by atoms with Gasteiger partial charge in [-0.15, -0.1) is 0 Å². The molecule has 0 aromatic heterocycles. The molecule has 0 spiro atoms. The molecule has 0 aliphatic heterocycles. The zero-order valence-electron chi connectivity index (χ0n) is 12.1. The number of unbranched alkanes of at least 4 members (excludes halogenated alkanes) is 1. The molecule has 0 radical (unpaired) electrons. The van der Waals surface area contributed by atoms with E-state index in [1.54, 1.807) is 6.07 Å². The second-order valence-electron chi connectivity index (χ2n) is 4.85. The average Bonchev–Trinajstić information content (AvgIpc) is 2.42. The summed E-state index contributed by atoms with van der Waals surface area (Å²) < 4.78 is 1.19. The largest absolute Gasteiger partial charge is 0.478 e. The second-order valence-corrected chi connectivity index (χ2v) is 6.62. The number of halogens is 2. The van der Waals surface area contributed by atoms with E-state index in [0.29, 0.717) is 14.6 Å². The van der Waals surface area contributed by atoms with Gasteiger partial charge in [0, 0.05) is 14.9 Å². The Morgan fingerprint density at radius 3 is 2.48 bits per heavy atom. The maximum atomic E-state index is 12.3. The smallest absolute Gasteiger partial charge is 0.337 e. The summed E-state index contributed by atoms with van der Waals surface area (Å²) in [6.07, 6.45) is 3.57. The Morgan fingerprint density at radius 2 is 1.95 bits per heavy atom. The van der Waals surface area contributed by atoms with E-state index in [4.69, 9.17) is 0 Å². The van der Waals surface area contributed by atoms with Crippen LogP contribution in [0.4, 0.5) is 5.69 Å². The van der Waals surface area contributed by atoms with Crippen molar-refractivity contribution in [3.05, 3.63) is 26.6 Å². The lowest BCUT2D eigenvalue weighted by Gasteiger charge is -2.17. The van der Waals surface area contributed by atoms with E-state index in [1.165, 1.54) is 6.07 Å². The lowest BCUT2D eigenvalue weighted by atomic mass is 9.98. The maximum Gasteiger partial charge on any atom is 0.337 e. The molecule has 0 aliphatic carbocycles. The van der Waals surface area contributed by atoms with Gasteiger partial charge in [-0.2, -0.15) is 0 Å². The summed E-state index contributed by atoms with van der Waals surface area (Å²) >= 11 is 6.56. The fraction of sp³-hybridized carbons (Fsp3) is 0.467. The Hall–Kier alpha value is -0.880. The van der Waals surface area contributed by atoms with Crippen molar-refractivity contribution in [3.63, 3.8) is 0 Å². The van der Waals surface area contributed by atoms with Crippen LogP contribution in [0.2, 0.25) is 0 Å². The standard InChI is InChI=1S/C15H19Br2NO3/c1-3-5-6-9(4-2)14(19)18-13-11(15(20)21)7-10(16)8-12(13)17/h7-9H,3-6H2,1-2H3,(H,18,19)(H,20,21). The van der Waals surface area contributed by atoms with Gasteiger partial charge in [-0.25, -0.2) is 4.79 Å². The summed E-state index contributed by atoms with van der Waals surface area (Å²) in [5.74, 6) is -1.30. The van der Waals surface area contributed by atoms with Gasteiger partial charge in [0.15, 0.2) is 0 Å². The number of carbonyl (C=O) groups excluding carboxylic acids is 1. The van der Waals surface area contributed by atoms with Gasteiger partial charge in [-0.3, -0.25) is 4.79 Å². The number of hydrogen-bond donors (Lipinski definition) is 2. The third-order valence-electron chi connectivity index (χ3n) is 3.30. The van der Waals surface area contributed by atoms with E-state index in [2.05, 4.69) is 44.1 Å². The third-order valence-corrected chi connectivity index (χ3v) is 4.39. The Kier molecular flexibility index (Phi) is 7.39. The van der Waals surface area contributed by atoms with Crippen molar-refractivity contribution in [2.75, 3.05) is 5.32 Å². The molecule has 4 nitrogen and oxygen atoms in total. The minimum atomic E-state index is -1.08. The van der Waals surface area contributed by atoms with Crippen molar-refractivity contribution in [1.82, 2.24) is 0 Å². The Labute approximate surface area is 141 Å². The molecule has 6 heteroatoms. The van der Waals surface area contributed by atoms with E-state index in [1.807, 2.05) is 6.92 Å². The molecular weight excluding hydrogens is 402 g/mol. The van der Waals surface area contributed by atoms with Crippen LogP contribution in [0.25, 0.3) is 0 Å². The second kappa shape index (κ2) is 8.54. The van der Waals surface area contributed by atoms with Gasteiger partial charge in [-0.1, -0.05) is 42.6 Å². The van der Waals surface area contributed by atoms with Gasteiger partial charge in [0.2, 0.25) is 5.91 Å². The van der Waals surface area contributed by atoms with Crippen LogP contribution < -0.4 is 5.32 Å². The molecule has 1 amide bonds. The Bertz CT molecular complexity index is 532. The van der Waals surface area contributed by atoms with E-state index in [-0.39, 0.29) is 17.4 Å². The molecule has 1 aromatic carbocycles. The summed E-state index contributed by atoms with van der Waals surface area (Å²) in [5.41, 5.74) is 0.376. The highest BCUT2D eigenvalue weighted by Crippen LogP contribution is 2.31. The van der Waals surface area contributed by atoms with Crippen molar-refractivity contribution in [3.8, 4) is 0 Å². The summed E-state index contributed by atoms with van der Waals surface area (Å²) in [7, 11) is 0. The number of anilines is 1. The lowest BCUT2D eigenvalue weighted by Crippen LogP contribution is -2.23. The maximum absolute atomic E-state index is 12.3. The molecule has 0 fully saturated rings. The molecule has 0 heterocycles. The van der Waals surface area contributed by atoms with Crippen LogP contribution >= 0.6 is 31.9 Å². The molecule has 0 saturated carbocycles. The highest BCUT2D eigenvalue weighted by Gasteiger charge is 2.21. The van der Waals surface area contributed by atoms with Gasteiger partial charge >= 0.3 is 5.97 Å². The van der Waals surface area contributed by atoms with E-state index < -0.39 is 5.97 Å². The van der Waals surface area contributed by atoms with Crippen LogP contribution in [0.5, 0.6) is 0 Å². The molecule has 0 saturated heterocycles. The number of carbonyl (C=O) groups is 2. The number of hydrogen-bond acceptors (Lipinski definition) is 2. The quantitative estimate of drug-likeness (QED) is 0.647. The monoisotopic (exact) mass is 419 g/mol. The zero-order chi connectivity index (χ0) is 16.0. The van der Waals surface area contributed by atoms with Crippen LogP contribution in [0.1, 0.15) is 49.9 Å². The van der Waals surface area contributed by atoms with Crippen LogP contribution in [0, 0.1) is 5.92 Å². The van der Waals surface area contributed by atoms with Crippen LogP contribution in [0.3, 0.4) is 0 Å². The number of nitrogens with one attached hydrogen (secondary N) is 1. The Balaban J connectivity index is 3.01. The molecular formula is C15H19Br2NO3. The van der Waals surface area contributed by atoms with E-state index in [0.717, 1.165) is 25.7 Å². The first-order valence-corrected chi connectivity index (χ1v) is 8.52. The molecule has 116 valence electrons. The molecule has 1 aromatic rings. The normalized spacial score (nSPS) is 12.0. The fourth-order valence-electron chi connectivity index (χ4n) is 2.07. The summed E-state index contributed by atoms with van der Waals surface area (Å²) in [5, 5.41) is 12.0. The average molecular weight is 421 g/mol. The van der Waals surface area contributed by atoms with Gasteiger partial charge in [-0.05, 0) is 40.9 Å². The lowest BCUT2D eigenvalue weighted by molar-refractivity contribution is -0.120. The van der Waals surface area contributed by atoms with Crippen molar-refractivity contribution >= 4 is 49.4 Å². The van der Waals surface area contributed by atoms with Crippen LogP contribution in [0.15, 0.2) is 21.1 Å². The predicted octanol–water partition coefficient (Wildman–Crippen LogP) is 5.06. The van der Waals surface area contributed by atoms with Gasteiger partial charge in [0.05, 0.1) is 11.3 Å². The fourth-order valence-corrected chi connectivity index (χ4v) is 3.39. The Morgan fingerprint density at radius 1 is 1.29 bits per heavy atom. The number of aromatic carboxylic acids is 1. The molecule has 1 unspecified atom stereocenters. The van der Waals surface area contributed by atoms with Crippen LogP contribution in [-0.2, 0) is 4.79 Å². The summed E-state index contributed by atoms with van der Waals surface area (Å²) in [4.78, 5) is 23.7. The number of carboxylic acid groups (broad SMARTS) is 1. The first-order chi connectivity index (χ1) is 9.90. The molecule has 0 bridgehead atoms. The molecule has 2 N–H and O–H groups in total. The highest BCUT2D eigenvalue weighted by molar-refractivity contribution is 9.11. The van der Waals surface area contributed by atoms with Gasteiger partial charge < -0.3 is 10.4 Å². The SMILES string of the molecule is CCCCC(CC)C(=O)Nc1c(Br)cc(Br)cc1C(=O)O. The number of rotatable bonds is 7. The van der Waals surface area contributed by atoms with Crippen molar-refractivity contribution < 1.29 is 14.7 Å². The summed E-state index contributed by atoms with van der Waals surface area (Å²) in [6, 6.07) is 3.20. The van der Waals surface area contributed by atoms with Crippen molar-refractivity contribution in [2.24, 2.45) is 5.92 Å². The zero-order valence-corrected chi connectivity index (χ0v) is 15.3. The van der Waals surface area contributed by atoms with Crippen LogP contribution in [-0.4, -0.2) is 17.0 Å². The molecule has 1 atom stereocenters.